The molecule has 4 rings (SSSR count). The fourth-order valence-electron chi connectivity index (χ4n) is 4.21. The number of hydrogen-bond donors (Lipinski definition) is 2. The molecule has 1 aromatic carbocycles. The zero-order valence-corrected chi connectivity index (χ0v) is 19.2. The molecule has 3 aromatic rings. The van der Waals surface area contributed by atoms with Crippen LogP contribution in [0, 0.1) is 13.8 Å². The van der Waals surface area contributed by atoms with E-state index in [0.29, 0.717) is 6.61 Å². The Morgan fingerprint density at radius 2 is 2.06 bits per heavy atom. The Labute approximate surface area is 187 Å². The topological polar surface area (TPSA) is 70.5 Å². The van der Waals surface area contributed by atoms with Crippen molar-refractivity contribution in [2.45, 2.75) is 52.8 Å². The van der Waals surface area contributed by atoms with Gasteiger partial charge in [0.1, 0.15) is 5.75 Å². The van der Waals surface area contributed by atoms with E-state index in [9.17, 15) is 5.11 Å². The molecule has 7 heteroatoms. The molecule has 0 radical (unpaired) electrons. The largest absolute Gasteiger partial charge is 0.494 e. The molecule has 2 N–H and O–H groups in total. The SMILES string of the molecule is CCOc1ccc(CN2CCC[C@@H]2c2cc(Nc3nc(C)cs3)cc(C)n2)cc1CO. The monoisotopic (exact) mass is 438 g/mol. The summed E-state index contributed by atoms with van der Waals surface area (Å²) in [5, 5.41) is 16.1. The van der Waals surface area contributed by atoms with Crippen LogP contribution in [0.15, 0.2) is 35.7 Å². The van der Waals surface area contributed by atoms with Crippen molar-refractivity contribution in [3.8, 4) is 5.75 Å². The zero-order chi connectivity index (χ0) is 21.8. The van der Waals surface area contributed by atoms with E-state index in [4.69, 9.17) is 9.72 Å². The molecule has 31 heavy (non-hydrogen) atoms. The Kier molecular flexibility index (Phi) is 6.85. The highest BCUT2D eigenvalue weighted by Gasteiger charge is 2.28. The molecule has 1 atom stereocenters. The van der Waals surface area contributed by atoms with Gasteiger partial charge >= 0.3 is 0 Å². The van der Waals surface area contributed by atoms with E-state index < -0.39 is 0 Å². The fraction of sp³-hybridized carbons (Fsp3) is 0.417. The van der Waals surface area contributed by atoms with Gasteiger partial charge in [-0.25, -0.2) is 4.98 Å². The van der Waals surface area contributed by atoms with Gasteiger partial charge in [-0.05, 0) is 70.0 Å². The number of ether oxygens (including phenoxy) is 1. The third-order valence-electron chi connectivity index (χ3n) is 5.53. The van der Waals surface area contributed by atoms with Gasteiger partial charge in [0.2, 0.25) is 0 Å². The van der Waals surface area contributed by atoms with Gasteiger partial charge in [-0.15, -0.1) is 11.3 Å². The Hall–Kier alpha value is -2.48. The second-order valence-corrected chi connectivity index (χ2v) is 8.86. The molecule has 0 unspecified atom stereocenters. The number of aliphatic hydroxyl groups is 1. The maximum absolute atomic E-state index is 9.73. The van der Waals surface area contributed by atoms with Crippen LogP contribution in [0.25, 0.3) is 0 Å². The number of nitrogens with one attached hydrogen (secondary N) is 1. The summed E-state index contributed by atoms with van der Waals surface area (Å²) in [6, 6.07) is 10.6. The van der Waals surface area contributed by atoms with Gasteiger partial charge in [0, 0.05) is 28.9 Å². The minimum Gasteiger partial charge on any atom is -0.494 e. The number of likely N-dealkylation sites (tertiary alicyclic amines) is 1. The van der Waals surface area contributed by atoms with Crippen molar-refractivity contribution < 1.29 is 9.84 Å². The lowest BCUT2D eigenvalue weighted by atomic mass is 10.1. The average molecular weight is 439 g/mol. The molecule has 1 aliphatic heterocycles. The first-order valence-corrected chi connectivity index (χ1v) is 11.7. The number of rotatable bonds is 8. The Bertz CT molecular complexity index is 1040. The molecule has 1 saturated heterocycles. The maximum atomic E-state index is 9.73. The van der Waals surface area contributed by atoms with Gasteiger partial charge in [-0.1, -0.05) is 6.07 Å². The van der Waals surface area contributed by atoms with Crippen molar-refractivity contribution in [1.29, 1.82) is 0 Å². The van der Waals surface area contributed by atoms with E-state index >= 15 is 0 Å². The van der Waals surface area contributed by atoms with Gasteiger partial charge in [0.15, 0.2) is 5.13 Å². The second kappa shape index (κ2) is 9.77. The Morgan fingerprint density at radius 3 is 2.81 bits per heavy atom. The van der Waals surface area contributed by atoms with E-state index in [1.54, 1.807) is 11.3 Å². The first-order valence-electron chi connectivity index (χ1n) is 10.8. The van der Waals surface area contributed by atoms with E-state index in [2.05, 4.69) is 39.5 Å². The van der Waals surface area contributed by atoms with Crippen LogP contribution in [-0.2, 0) is 13.2 Å². The number of thiazole rings is 1. The lowest BCUT2D eigenvalue weighted by Crippen LogP contribution is -2.23. The number of aliphatic hydroxyl groups excluding tert-OH is 1. The van der Waals surface area contributed by atoms with E-state index in [-0.39, 0.29) is 12.6 Å². The van der Waals surface area contributed by atoms with Crippen LogP contribution < -0.4 is 10.1 Å². The van der Waals surface area contributed by atoms with Gasteiger partial charge in [0.25, 0.3) is 0 Å². The summed E-state index contributed by atoms with van der Waals surface area (Å²) in [5.74, 6) is 0.764. The molecule has 0 saturated carbocycles. The molecule has 0 aliphatic carbocycles. The van der Waals surface area contributed by atoms with Crippen molar-refractivity contribution in [3.05, 3.63) is 63.9 Å². The lowest BCUT2D eigenvalue weighted by Gasteiger charge is -2.25. The van der Waals surface area contributed by atoms with Crippen molar-refractivity contribution in [2.24, 2.45) is 0 Å². The van der Waals surface area contributed by atoms with Crippen LogP contribution in [0.5, 0.6) is 5.75 Å². The van der Waals surface area contributed by atoms with Crippen LogP contribution in [0.2, 0.25) is 0 Å². The molecular formula is C24H30N4O2S. The highest BCUT2D eigenvalue weighted by molar-refractivity contribution is 7.13. The molecule has 1 aliphatic rings. The number of aromatic nitrogens is 2. The predicted octanol–water partition coefficient (Wildman–Crippen LogP) is 5.13. The first-order chi connectivity index (χ1) is 15.1. The minimum absolute atomic E-state index is 0.0166. The number of hydrogen-bond acceptors (Lipinski definition) is 7. The number of pyridine rings is 1. The molecule has 0 bridgehead atoms. The van der Waals surface area contributed by atoms with Crippen LogP contribution in [0.3, 0.4) is 0 Å². The lowest BCUT2D eigenvalue weighted by molar-refractivity contribution is 0.242. The molecular weight excluding hydrogens is 408 g/mol. The number of benzene rings is 1. The highest BCUT2D eigenvalue weighted by Crippen LogP contribution is 2.34. The molecule has 1 fully saturated rings. The van der Waals surface area contributed by atoms with Crippen molar-refractivity contribution >= 4 is 22.2 Å². The highest BCUT2D eigenvalue weighted by atomic mass is 32.1. The first kappa shape index (κ1) is 21.7. The summed E-state index contributed by atoms with van der Waals surface area (Å²) < 4.78 is 5.63. The Balaban J connectivity index is 1.53. The number of anilines is 2. The third-order valence-corrected chi connectivity index (χ3v) is 6.40. The van der Waals surface area contributed by atoms with E-state index in [1.165, 1.54) is 5.56 Å². The predicted molar refractivity (Wildman–Crippen MR) is 125 cm³/mol. The van der Waals surface area contributed by atoms with Gasteiger partial charge < -0.3 is 15.2 Å². The zero-order valence-electron chi connectivity index (χ0n) is 18.4. The van der Waals surface area contributed by atoms with Crippen molar-refractivity contribution in [3.63, 3.8) is 0 Å². The summed E-state index contributed by atoms with van der Waals surface area (Å²) in [7, 11) is 0. The third kappa shape index (κ3) is 5.23. The average Bonchev–Trinajstić information content (AvgIpc) is 3.37. The second-order valence-electron chi connectivity index (χ2n) is 8.00. The fourth-order valence-corrected chi connectivity index (χ4v) is 4.92. The molecule has 2 aromatic heterocycles. The van der Waals surface area contributed by atoms with Crippen molar-refractivity contribution in [2.75, 3.05) is 18.5 Å². The molecule has 0 amide bonds. The van der Waals surface area contributed by atoms with E-state index in [0.717, 1.165) is 65.1 Å². The summed E-state index contributed by atoms with van der Waals surface area (Å²) in [4.78, 5) is 11.9. The quantitative estimate of drug-likeness (QED) is 0.508. The molecule has 6 nitrogen and oxygen atoms in total. The smallest absolute Gasteiger partial charge is 0.187 e. The van der Waals surface area contributed by atoms with Gasteiger partial charge in [-0.2, -0.15) is 0 Å². The van der Waals surface area contributed by atoms with Crippen LogP contribution in [0.1, 0.15) is 54.0 Å². The number of aryl methyl sites for hydroxylation is 2. The normalized spacial score (nSPS) is 16.6. The van der Waals surface area contributed by atoms with Crippen molar-refractivity contribution in [1.82, 2.24) is 14.9 Å². The molecule has 164 valence electrons. The summed E-state index contributed by atoms with van der Waals surface area (Å²) in [6.45, 7) is 8.45. The van der Waals surface area contributed by atoms with Crippen LogP contribution >= 0.6 is 11.3 Å². The summed E-state index contributed by atoms with van der Waals surface area (Å²) in [6.07, 6.45) is 2.24. The standard InChI is InChI=1S/C24H30N4O2S/c1-4-30-23-8-7-18(11-19(23)14-29)13-28-9-5-6-22(28)21-12-20(10-16(2)25-21)27-24-26-17(3)15-31-24/h7-8,10-12,15,22,29H,4-6,9,13-14H2,1-3H3,(H,25,26,27)/t22-/m1/s1. The molecule has 3 heterocycles. The van der Waals surface area contributed by atoms with Gasteiger partial charge in [0.05, 0.1) is 30.6 Å². The summed E-state index contributed by atoms with van der Waals surface area (Å²) >= 11 is 1.61. The van der Waals surface area contributed by atoms with E-state index in [1.807, 2.05) is 32.2 Å². The van der Waals surface area contributed by atoms with Gasteiger partial charge in [-0.3, -0.25) is 9.88 Å². The molecule has 0 spiro atoms. The maximum Gasteiger partial charge on any atom is 0.187 e. The van der Waals surface area contributed by atoms with Crippen LogP contribution in [-0.4, -0.2) is 33.1 Å². The minimum atomic E-state index is -0.0166. The van der Waals surface area contributed by atoms with Crippen LogP contribution in [0.4, 0.5) is 10.8 Å². The Morgan fingerprint density at radius 1 is 1.19 bits per heavy atom. The number of nitrogens with zero attached hydrogens (tertiary/aromatic N) is 3. The summed E-state index contributed by atoms with van der Waals surface area (Å²) in [5.41, 5.74) is 6.19.